The van der Waals surface area contributed by atoms with Crippen LogP contribution in [0.15, 0.2) is 42.5 Å². The smallest absolute Gasteiger partial charge is 0.347 e. The molecule has 1 N–H and O–H groups in total. The Hall–Kier alpha value is -2.66. The van der Waals surface area contributed by atoms with Gasteiger partial charge in [0.25, 0.3) is 0 Å². The summed E-state index contributed by atoms with van der Waals surface area (Å²) >= 11 is 1.19. The molecule has 0 aliphatic carbocycles. The van der Waals surface area contributed by atoms with Crippen LogP contribution in [0.5, 0.6) is 11.5 Å². The summed E-state index contributed by atoms with van der Waals surface area (Å²) in [6.07, 6.45) is 0. The van der Waals surface area contributed by atoms with Crippen molar-refractivity contribution < 1.29 is 14.6 Å². The quantitative estimate of drug-likeness (QED) is 0.583. The van der Waals surface area contributed by atoms with Crippen molar-refractivity contribution in [3.05, 3.63) is 64.2 Å². The van der Waals surface area contributed by atoms with Gasteiger partial charge in [0.15, 0.2) is 0 Å². The first kappa shape index (κ1) is 19.1. The number of hydrogen-bond donors (Lipinski definition) is 1. The summed E-state index contributed by atoms with van der Waals surface area (Å²) < 4.78 is 6.21. The van der Waals surface area contributed by atoms with Crippen LogP contribution >= 0.6 is 11.3 Å². The highest BCUT2D eigenvalue weighted by Crippen LogP contribution is 2.37. The minimum atomic E-state index is -0.939. The summed E-state index contributed by atoms with van der Waals surface area (Å²) in [5, 5.41) is 9.90. The zero-order valence-corrected chi connectivity index (χ0v) is 17.0. The zero-order valence-electron chi connectivity index (χ0n) is 16.2. The highest BCUT2D eigenvalue weighted by Gasteiger charge is 2.21. The summed E-state index contributed by atoms with van der Waals surface area (Å²) in [7, 11) is 0. The molecule has 5 heteroatoms. The van der Waals surface area contributed by atoms with Crippen LogP contribution in [0.4, 0.5) is 0 Å². The van der Waals surface area contributed by atoms with Gasteiger partial charge in [-0.15, -0.1) is 11.3 Å². The molecule has 0 amide bonds. The van der Waals surface area contributed by atoms with Gasteiger partial charge in [-0.2, -0.15) is 0 Å². The predicted molar refractivity (Wildman–Crippen MR) is 109 cm³/mol. The average Bonchev–Trinajstić information content (AvgIpc) is 2.98. The predicted octanol–water partition coefficient (Wildman–Crippen LogP) is 6.21. The lowest BCUT2D eigenvalue weighted by molar-refractivity contribution is 0.0701. The molecule has 0 atom stereocenters. The van der Waals surface area contributed by atoms with Crippen LogP contribution in [0.2, 0.25) is 0 Å². The number of aromatic nitrogens is 1. The van der Waals surface area contributed by atoms with Crippen molar-refractivity contribution in [2.24, 2.45) is 0 Å². The number of ether oxygens (including phenoxy) is 1. The Kier molecular flexibility index (Phi) is 5.07. The monoisotopic (exact) mass is 381 g/mol. The topological polar surface area (TPSA) is 59.4 Å². The molecule has 0 saturated carbocycles. The summed E-state index contributed by atoms with van der Waals surface area (Å²) in [5.74, 6) is 0.687. The van der Waals surface area contributed by atoms with Crippen molar-refractivity contribution in [3.8, 4) is 22.1 Å². The number of thiazole rings is 1. The normalized spacial score (nSPS) is 11.4. The Morgan fingerprint density at radius 3 is 2.30 bits per heavy atom. The zero-order chi connectivity index (χ0) is 19.8. The highest BCUT2D eigenvalue weighted by atomic mass is 32.1. The van der Waals surface area contributed by atoms with Crippen LogP contribution in [0.3, 0.4) is 0 Å². The third-order valence-electron chi connectivity index (χ3n) is 4.33. The molecule has 1 aromatic heterocycles. The molecule has 27 heavy (non-hydrogen) atoms. The lowest BCUT2D eigenvalue weighted by Gasteiger charge is -2.24. The fourth-order valence-corrected chi connectivity index (χ4v) is 3.79. The van der Waals surface area contributed by atoms with Crippen LogP contribution < -0.4 is 4.74 Å². The maximum absolute atomic E-state index is 11.2. The van der Waals surface area contributed by atoms with Gasteiger partial charge < -0.3 is 9.84 Å². The first-order chi connectivity index (χ1) is 12.7. The number of aromatic carboxylic acids is 1. The molecule has 0 unspecified atom stereocenters. The number of carboxylic acid groups (broad SMARTS) is 1. The van der Waals surface area contributed by atoms with Gasteiger partial charge in [-0.1, -0.05) is 39.0 Å². The van der Waals surface area contributed by atoms with E-state index in [4.69, 9.17) is 4.74 Å². The number of para-hydroxylation sites is 1. The fraction of sp³-hybridized carbons (Fsp3) is 0.273. The van der Waals surface area contributed by atoms with E-state index in [2.05, 4.69) is 37.9 Å². The van der Waals surface area contributed by atoms with Crippen molar-refractivity contribution in [2.45, 2.75) is 40.0 Å². The first-order valence-electron chi connectivity index (χ1n) is 8.76. The van der Waals surface area contributed by atoms with Gasteiger partial charge in [0.2, 0.25) is 0 Å². The van der Waals surface area contributed by atoms with Gasteiger partial charge in [-0.05, 0) is 49.1 Å². The number of carboxylic acids is 1. The number of rotatable bonds is 4. The molecule has 1 heterocycles. The van der Waals surface area contributed by atoms with E-state index in [1.165, 1.54) is 11.3 Å². The maximum atomic E-state index is 11.2. The Balaban J connectivity index is 1.90. The number of hydrogen-bond acceptors (Lipinski definition) is 4. The molecule has 2 aromatic carbocycles. The average molecular weight is 381 g/mol. The van der Waals surface area contributed by atoms with Crippen molar-refractivity contribution in [3.63, 3.8) is 0 Å². The molecule has 3 rings (SSSR count). The van der Waals surface area contributed by atoms with E-state index in [0.717, 1.165) is 28.2 Å². The molecule has 0 saturated heterocycles. The molecular formula is C22H23NO3S. The van der Waals surface area contributed by atoms with Crippen molar-refractivity contribution in [1.82, 2.24) is 4.98 Å². The lowest BCUT2D eigenvalue weighted by Crippen LogP contribution is -2.13. The summed E-state index contributed by atoms with van der Waals surface area (Å²) in [4.78, 5) is 15.9. The van der Waals surface area contributed by atoms with Crippen LogP contribution in [0.1, 0.15) is 47.3 Å². The molecule has 0 bridgehead atoms. The van der Waals surface area contributed by atoms with E-state index in [9.17, 15) is 9.90 Å². The van der Waals surface area contributed by atoms with Gasteiger partial charge >= 0.3 is 5.97 Å². The molecule has 0 radical (unpaired) electrons. The Bertz CT molecular complexity index is 982. The molecule has 3 aromatic rings. The summed E-state index contributed by atoms with van der Waals surface area (Å²) in [6.45, 7) is 10.3. The van der Waals surface area contributed by atoms with Gasteiger partial charge in [0.05, 0.1) is 5.69 Å². The Labute approximate surface area is 163 Å². The van der Waals surface area contributed by atoms with E-state index >= 15 is 0 Å². The minimum absolute atomic E-state index is 0.0209. The van der Waals surface area contributed by atoms with Gasteiger partial charge in [-0.25, -0.2) is 9.78 Å². The van der Waals surface area contributed by atoms with E-state index in [1.54, 1.807) is 6.92 Å². The SMILES string of the molecule is Cc1cccc(C(C)(C)C)c1Oc1ccc(-c2nc(C)c(C(=O)O)s2)cc1. The molecule has 140 valence electrons. The summed E-state index contributed by atoms with van der Waals surface area (Å²) in [6, 6.07) is 13.8. The third-order valence-corrected chi connectivity index (χ3v) is 5.53. The Morgan fingerprint density at radius 1 is 1.07 bits per heavy atom. The van der Waals surface area contributed by atoms with Crippen LogP contribution in [-0.2, 0) is 5.41 Å². The summed E-state index contributed by atoms with van der Waals surface area (Å²) in [5.41, 5.74) is 3.65. The van der Waals surface area contributed by atoms with Gasteiger partial charge in [-0.3, -0.25) is 0 Å². The number of aryl methyl sites for hydroxylation is 2. The fourth-order valence-electron chi connectivity index (χ4n) is 2.88. The number of nitrogens with zero attached hydrogens (tertiary/aromatic N) is 1. The van der Waals surface area contributed by atoms with Gasteiger partial charge in [0.1, 0.15) is 21.4 Å². The second-order valence-electron chi connectivity index (χ2n) is 7.57. The van der Waals surface area contributed by atoms with E-state index in [1.807, 2.05) is 37.3 Å². The standard InChI is InChI=1S/C22H23NO3S/c1-13-7-6-8-17(22(3,4)5)18(13)26-16-11-9-15(10-12-16)20-23-14(2)19(27-20)21(24)25/h6-12H,1-5H3,(H,24,25). The largest absolute Gasteiger partial charge is 0.477 e. The third kappa shape index (κ3) is 4.03. The Morgan fingerprint density at radius 2 is 1.74 bits per heavy atom. The van der Waals surface area contributed by atoms with Crippen molar-refractivity contribution >= 4 is 17.3 Å². The van der Waals surface area contributed by atoms with E-state index in [-0.39, 0.29) is 10.3 Å². The second kappa shape index (κ2) is 7.16. The number of carbonyl (C=O) groups is 1. The van der Waals surface area contributed by atoms with Crippen LogP contribution in [0, 0.1) is 13.8 Å². The van der Waals surface area contributed by atoms with E-state index in [0.29, 0.717) is 10.7 Å². The maximum Gasteiger partial charge on any atom is 0.347 e. The lowest BCUT2D eigenvalue weighted by atomic mass is 9.85. The molecule has 0 aliphatic heterocycles. The first-order valence-corrected chi connectivity index (χ1v) is 9.57. The van der Waals surface area contributed by atoms with Gasteiger partial charge in [0, 0.05) is 11.1 Å². The highest BCUT2D eigenvalue weighted by molar-refractivity contribution is 7.17. The minimum Gasteiger partial charge on any atom is -0.477 e. The molecule has 0 aliphatic rings. The van der Waals surface area contributed by atoms with Crippen LogP contribution in [-0.4, -0.2) is 16.1 Å². The number of benzene rings is 2. The molecule has 0 fully saturated rings. The second-order valence-corrected chi connectivity index (χ2v) is 8.57. The van der Waals surface area contributed by atoms with Crippen molar-refractivity contribution in [1.29, 1.82) is 0 Å². The molecular weight excluding hydrogens is 358 g/mol. The van der Waals surface area contributed by atoms with Crippen LogP contribution in [0.25, 0.3) is 10.6 Å². The molecule has 4 nitrogen and oxygen atoms in total. The molecule has 0 spiro atoms. The van der Waals surface area contributed by atoms with Crippen molar-refractivity contribution in [2.75, 3.05) is 0 Å². The van der Waals surface area contributed by atoms with E-state index < -0.39 is 5.97 Å².